The maximum Gasteiger partial charge on any atom is 0.168 e. The highest BCUT2D eigenvalue weighted by atomic mass is 16.5. The van der Waals surface area contributed by atoms with E-state index in [0.717, 1.165) is 5.75 Å². The van der Waals surface area contributed by atoms with Crippen molar-refractivity contribution >= 4 is 5.78 Å². The van der Waals surface area contributed by atoms with Crippen LogP contribution in [0.2, 0.25) is 0 Å². The Kier molecular flexibility index (Phi) is 4.53. The summed E-state index contributed by atoms with van der Waals surface area (Å²) in [5.74, 6) is 0.169. The first kappa shape index (κ1) is 14.3. The molecular formula is C17H18O3. The number of hydrogen-bond donors (Lipinski definition) is 1. The van der Waals surface area contributed by atoms with Gasteiger partial charge in [0.15, 0.2) is 5.78 Å². The summed E-state index contributed by atoms with van der Waals surface area (Å²) in [6, 6.07) is 16.1. The average Bonchev–Trinajstić information content (AvgIpc) is 2.53. The van der Waals surface area contributed by atoms with Crippen LogP contribution in [0.5, 0.6) is 5.75 Å². The molecule has 2 aromatic carbocycles. The summed E-state index contributed by atoms with van der Waals surface area (Å²) >= 11 is 0. The highest BCUT2D eigenvalue weighted by molar-refractivity contribution is 5.98. The number of benzene rings is 2. The van der Waals surface area contributed by atoms with Gasteiger partial charge in [-0.15, -0.1) is 0 Å². The van der Waals surface area contributed by atoms with E-state index in [0.29, 0.717) is 11.1 Å². The highest BCUT2D eigenvalue weighted by Crippen LogP contribution is 2.26. The summed E-state index contributed by atoms with van der Waals surface area (Å²) in [5.41, 5.74) is 1.33. The molecule has 2 atom stereocenters. The first-order valence-corrected chi connectivity index (χ1v) is 6.54. The Morgan fingerprint density at radius 1 is 1.05 bits per heavy atom. The molecule has 0 radical (unpaired) electrons. The lowest BCUT2D eigenvalue weighted by Crippen LogP contribution is -2.19. The number of Topliss-reactive ketones (excluding diaryl/α,β-unsaturated/α-hetero) is 1. The van der Waals surface area contributed by atoms with Crippen molar-refractivity contribution < 1.29 is 14.6 Å². The Hall–Kier alpha value is -2.13. The predicted molar refractivity (Wildman–Crippen MR) is 77.9 cm³/mol. The van der Waals surface area contributed by atoms with Crippen molar-refractivity contribution in [2.75, 3.05) is 7.11 Å². The van der Waals surface area contributed by atoms with Crippen LogP contribution in [0.3, 0.4) is 0 Å². The molecule has 2 rings (SSSR count). The lowest BCUT2D eigenvalue weighted by atomic mass is 9.90. The molecule has 0 spiro atoms. The molecule has 0 aliphatic rings. The van der Waals surface area contributed by atoms with Gasteiger partial charge >= 0.3 is 0 Å². The lowest BCUT2D eigenvalue weighted by Gasteiger charge is -2.18. The zero-order chi connectivity index (χ0) is 14.5. The van der Waals surface area contributed by atoms with Gasteiger partial charge in [0.2, 0.25) is 0 Å². The third kappa shape index (κ3) is 3.06. The van der Waals surface area contributed by atoms with Crippen molar-refractivity contribution in [2.45, 2.75) is 13.0 Å². The third-order valence-corrected chi connectivity index (χ3v) is 3.40. The summed E-state index contributed by atoms with van der Waals surface area (Å²) < 4.78 is 5.08. The molecule has 2 aromatic rings. The summed E-state index contributed by atoms with van der Waals surface area (Å²) in [5, 5.41) is 10.3. The third-order valence-electron chi connectivity index (χ3n) is 3.40. The van der Waals surface area contributed by atoms with Crippen molar-refractivity contribution in [3.63, 3.8) is 0 Å². The largest absolute Gasteiger partial charge is 0.497 e. The Morgan fingerprint density at radius 3 is 2.20 bits per heavy atom. The van der Waals surface area contributed by atoms with Crippen LogP contribution in [0.1, 0.15) is 28.9 Å². The van der Waals surface area contributed by atoms with E-state index in [1.54, 1.807) is 50.4 Å². The molecule has 0 saturated heterocycles. The van der Waals surface area contributed by atoms with Crippen LogP contribution < -0.4 is 4.74 Å². The van der Waals surface area contributed by atoms with E-state index in [1.165, 1.54) is 0 Å². The molecule has 3 nitrogen and oxygen atoms in total. The van der Waals surface area contributed by atoms with Crippen molar-refractivity contribution in [3.05, 3.63) is 65.7 Å². The number of carbonyl (C=O) groups excluding carboxylic acids is 1. The van der Waals surface area contributed by atoms with Crippen LogP contribution in [0.25, 0.3) is 0 Å². The van der Waals surface area contributed by atoms with Gasteiger partial charge in [-0.25, -0.2) is 0 Å². The molecule has 0 aromatic heterocycles. The first-order valence-electron chi connectivity index (χ1n) is 6.54. The minimum atomic E-state index is -0.825. The fraction of sp³-hybridized carbons (Fsp3) is 0.235. The molecular weight excluding hydrogens is 252 g/mol. The lowest BCUT2D eigenvalue weighted by molar-refractivity contribution is 0.0713. The van der Waals surface area contributed by atoms with Gasteiger partial charge in [-0.05, 0) is 17.7 Å². The molecule has 20 heavy (non-hydrogen) atoms. The number of rotatable bonds is 5. The number of methoxy groups -OCH3 is 1. The second kappa shape index (κ2) is 6.35. The average molecular weight is 270 g/mol. The fourth-order valence-corrected chi connectivity index (χ4v) is 2.10. The predicted octanol–water partition coefficient (Wildman–Crippen LogP) is 3.25. The van der Waals surface area contributed by atoms with Crippen LogP contribution in [-0.4, -0.2) is 18.0 Å². The number of ketones is 1. The van der Waals surface area contributed by atoms with Gasteiger partial charge in [0.25, 0.3) is 0 Å². The quantitative estimate of drug-likeness (QED) is 0.848. The van der Waals surface area contributed by atoms with Crippen molar-refractivity contribution in [2.24, 2.45) is 5.92 Å². The maximum atomic E-state index is 12.3. The van der Waals surface area contributed by atoms with Gasteiger partial charge in [-0.3, -0.25) is 4.79 Å². The highest BCUT2D eigenvalue weighted by Gasteiger charge is 2.24. The molecule has 0 fully saturated rings. The van der Waals surface area contributed by atoms with Crippen LogP contribution in [0, 0.1) is 5.92 Å². The van der Waals surface area contributed by atoms with E-state index in [-0.39, 0.29) is 5.78 Å². The van der Waals surface area contributed by atoms with Gasteiger partial charge in [0.1, 0.15) is 5.75 Å². The topological polar surface area (TPSA) is 46.5 Å². The number of ether oxygens (including phenoxy) is 1. The maximum absolute atomic E-state index is 12.3. The Balaban J connectivity index is 2.15. The molecule has 0 amide bonds. The smallest absolute Gasteiger partial charge is 0.168 e. The molecule has 0 aliphatic carbocycles. The molecule has 104 valence electrons. The first-order chi connectivity index (χ1) is 9.63. The molecule has 0 saturated carbocycles. The number of hydrogen-bond acceptors (Lipinski definition) is 3. The van der Waals surface area contributed by atoms with Crippen molar-refractivity contribution in [1.29, 1.82) is 0 Å². The molecule has 3 heteroatoms. The Bertz CT molecular complexity index is 561. The second-order valence-corrected chi connectivity index (χ2v) is 4.74. The van der Waals surface area contributed by atoms with Crippen molar-refractivity contribution in [1.82, 2.24) is 0 Å². The molecule has 0 aliphatic heterocycles. The van der Waals surface area contributed by atoms with Gasteiger partial charge in [-0.1, -0.05) is 49.4 Å². The molecule has 0 heterocycles. The SMILES string of the molecule is COc1ccc([C@H](O)[C@@H](C)C(=O)c2ccccc2)cc1. The van der Waals surface area contributed by atoms with Gasteiger partial charge < -0.3 is 9.84 Å². The van der Waals surface area contributed by atoms with Crippen LogP contribution in [0.15, 0.2) is 54.6 Å². The summed E-state index contributed by atoms with van der Waals surface area (Å²) in [4.78, 5) is 12.3. The molecule has 1 N–H and O–H groups in total. The normalized spacial score (nSPS) is 13.6. The minimum Gasteiger partial charge on any atom is -0.497 e. The van der Waals surface area contributed by atoms with E-state index < -0.39 is 12.0 Å². The van der Waals surface area contributed by atoms with Gasteiger partial charge in [-0.2, -0.15) is 0 Å². The van der Waals surface area contributed by atoms with Crippen LogP contribution in [0.4, 0.5) is 0 Å². The number of aliphatic hydroxyl groups excluding tert-OH is 1. The minimum absolute atomic E-state index is 0.0612. The van der Waals surface area contributed by atoms with E-state index in [2.05, 4.69) is 0 Å². The van der Waals surface area contributed by atoms with Gasteiger partial charge in [0.05, 0.1) is 13.2 Å². The number of aliphatic hydroxyl groups is 1. The molecule has 0 unspecified atom stereocenters. The van der Waals surface area contributed by atoms with Crippen molar-refractivity contribution in [3.8, 4) is 5.75 Å². The van der Waals surface area contributed by atoms with E-state index >= 15 is 0 Å². The summed E-state index contributed by atoms with van der Waals surface area (Å²) in [6.45, 7) is 1.74. The Labute approximate surface area is 118 Å². The van der Waals surface area contributed by atoms with E-state index in [1.807, 2.05) is 18.2 Å². The summed E-state index contributed by atoms with van der Waals surface area (Å²) in [6.07, 6.45) is -0.825. The summed E-state index contributed by atoms with van der Waals surface area (Å²) in [7, 11) is 1.59. The van der Waals surface area contributed by atoms with Gasteiger partial charge in [0, 0.05) is 11.5 Å². The molecule has 0 bridgehead atoms. The fourth-order valence-electron chi connectivity index (χ4n) is 2.10. The zero-order valence-corrected chi connectivity index (χ0v) is 11.6. The monoisotopic (exact) mass is 270 g/mol. The van der Waals surface area contributed by atoms with E-state index in [4.69, 9.17) is 4.74 Å². The van der Waals surface area contributed by atoms with Crippen LogP contribution >= 0.6 is 0 Å². The van der Waals surface area contributed by atoms with E-state index in [9.17, 15) is 9.90 Å². The standard InChI is InChI=1S/C17H18O3/c1-12(16(18)13-6-4-3-5-7-13)17(19)14-8-10-15(20-2)11-9-14/h3-12,17,19H,1-2H3/t12-,17+/m0/s1. The Morgan fingerprint density at radius 2 is 1.65 bits per heavy atom. The van der Waals surface area contributed by atoms with Crippen LogP contribution in [-0.2, 0) is 0 Å². The zero-order valence-electron chi connectivity index (χ0n) is 11.6. The second-order valence-electron chi connectivity index (χ2n) is 4.74. The number of carbonyl (C=O) groups is 1.